The lowest BCUT2D eigenvalue weighted by Crippen LogP contribution is -2.38. The van der Waals surface area contributed by atoms with Crippen LogP contribution in [0, 0.1) is 0 Å². The Morgan fingerprint density at radius 2 is 1.79 bits per heavy atom. The summed E-state index contributed by atoms with van der Waals surface area (Å²) in [5.41, 5.74) is 1.48. The van der Waals surface area contributed by atoms with Gasteiger partial charge < -0.3 is 5.32 Å². The molecule has 1 aliphatic heterocycles. The summed E-state index contributed by atoms with van der Waals surface area (Å²) in [5, 5.41) is 3.18. The molecule has 0 saturated carbocycles. The zero-order valence-electron chi connectivity index (χ0n) is 9.80. The van der Waals surface area contributed by atoms with Gasteiger partial charge in [0.2, 0.25) is 10.0 Å². The first-order valence-electron chi connectivity index (χ1n) is 5.70. The SMILES string of the molecule is O=S1(=O)NC(c2ccccc2)Nc2ccc(Br)cc21. The number of halogens is 1. The summed E-state index contributed by atoms with van der Waals surface area (Å²) in [6, 6.07) is 14.6. The van der Waals surface area contributed by atoms with Gasteiger partial charge in [-0.2, -0.15) is 4.72 Å². The molecular formula is C13H11BrN2O2S. The van der Waals surface area contributed by atoms with Gasteiger partial charge in [0.05, 0.1) is 5.69 Å². The second kappa shape index (κ2) is 4.63. The highest BCUT2D eigenvalue weighted by Gasteiger charge is 2.29. The first-order valence-corrected chi connectivity index (χ1v) is 7.97. The molecule has 0 amide bonds. The number of nitrogens with one attached hydrogen (secondary N) is 2. The molecule has 3 rings (SSSR count). The van der Waals surface area contributed by atoms with E-state index in [9.17, 15) is 8.42 Å². The number of hydrogen-bond donors (Lipinski definition) is 2. The van der Waals surface area contributed by atoms with Crippen molar-refractivity contribution in [3.8, 4) is 0 Å². The summed E-state index contributed by atoms with van der Waals surface area (Å²) in [7, 11) is -3.50. The summed E-state index contributed by atoms with van der Waals surface area (Å²) in [6.07, 6.45) is -0.445. The average Bonchev–Trinajstić information content (AvgIpc) is 2.40. The lowest BCUT2D eigenvalue weighted by Gasteiger charge is -2.28. The predicted molar refractivity (Wildman–Crippen MR) is 77.3 cm³/mol. The highest BCUT2D eigenvalue weighted by atomic mass is 79.9. The minimum Gasteiger partial charge on any atom is -0.364 e. The molecule has 1 aliphatic rings. The van der Waals surface area contributed by atoms with Crippen LogP contribution in [0.5, 0.6) is 0 Å². The third-order valence-electron chi connectivity index (χ3n) is 2.94. The highest BCUT2D eigenvalue weighted by Crippen LogP contribution is 2.32. The Balaban J connectivity index is 2.07. The van der Waals surface area contributed by atoms with Gasteiger partial charge in [-0.15, -0.1) is 0 Å². The van der Waals surface area contributed by atoms with Crippen LogP contribution in [-0.4, -0.2) is 8.42 Å². The maximum absolute atomic E-state index is 12.2. The molecule has 0 radical (unpaired) electrons. The molecule has 0 spiro atoms. The molecule has 1 atom stereocenters. The van der Waals surface area contributed by atoms with E-state index in [0.717, 1.165) is 10.0 Å². The standard InChI is InChI=1S/C13H11BrN2O2S/c14-10-6-7-11-12(8-10)19(17,18)16-13(15-11)9-4-2-1-3-5-9/h1-8,13,15-16H. The lowest BCUT2D eigenvalue weighted by atomic mass is 10.1. The van der Waals surface area contributed by atoms with E-state index in [1.165, 1.54) is 0 Å². The van der Waals surface area contributed by atoms with Gasteiger partial charge in [-0.05, 0) is 23.8 Å². The van der Waals surface area contributed by atoms with Crippen molar-refractivity contribution in [3.05, 3.63) is 58.6 Å². The molecule has 1 heterocycles. The molecule has 0 saturated heterocycles. The van der Waals surface area contributed by atoms with Gasteiger partial charge in [-0.25, -0.2) is 8.42 Å². The van der Waals surface area contributed by atoms with Crippen LogP contribution < -0.4 is 10.0 Å². The quantitative estimate of drug-likeness (QED) is 0.840. The Morgan fingerprint density at radius 1 is 1.05 bits per heavy atom. The third-order valence-corrected chi connectivity index (χ3v) is 4.89. The van der Waals surface area contributed by atoms with E-state index >= 15 is 0 Å². The second-order valence-corrected chi connectivity index (χ2v) is 6.85. The Kier molecular flexibility index (Phi) is 3.08. The Labute approximate surface area is 120 Å². The van der Waals surface area contributed by atoms with Crippen LogP contribution in [0.3, 0.4) is 0 Å². The van der Waals surface area contributed by atoms with E-state index in [-0.39, 0.29) is 4.90 Å². The number of anilines is 1. The van der Waals surface area contributed by atoms with Crippen LogP contribution in [0.2, 0.25) is 0 Å². The van der Waals surface area contributed by atoms with Crippen molar-refractivity contribution in [2.45, 2.75) is 11.1 Å². The van der Waals surface area contributed by atoms with Crippen LogP contribution in [-0.2, 0) is 10.0 Å². The van der Waals surface area contributed by atoms with Crippen molar-refractivity contribution >= 4 is 31.6 Å². The minimum absolute atomic E-state index is 0.258. The monoisotopic (exact) mass is 338 g/mol. The van der Waals surface area contributed by atoms with Gasteiger partial charge in [0.1, 0.15) is 11.1 Å². The Morgan fingerprint density at radius 3 is 2.53 bits per heavy atom. The molecule has 2 aromatic rings. The molecule has 6 heteroatoms. The zero-order chi connectivity index (χ0) is 13.5. The fourth-order valence-electron chi connectivity index (χ4n) is 2.04. The van der Waals surface area contributed by atoms with Crippen molar-refractivity contribution in [2.75, 3.05) is 5.32 Å². The molecular weight excluding hydrogens is 328 g/mol. The maximum Gasteiger partial charge on any atom is 0.244 e. The first kappa shape index (κ1) is 12.7. The third kappa shape index (κ3) is 2.39. The molecule has 0 aromatic heterocycles. The molecule has 0 fully saturated rings. The Bertz CT molecular complexity index is 717. The summed E-state index contributed by atoms with van der Waals surface area (Å²) < 4.78 is 27.8. The van der Waals surface area contributed by atoms with Crippen molar-refractivity contribution in [3.63, 3.8) is 0 Å². The molecule has 19 heavy (non-hydrogen) atoms. The summed E-state index contributed by atoms with van der Waals surface area (Å²) >= 11 is 3.28. The number of hydrogen-bond acceptors (Lipinski definition) is 3. The minimum atomic E-state index is -3.50. The van der Waals surface area contributed by atoms with Crippen molar-refractivity contribution in [2.24, 2.45) is 0 Å². The van der Waals surface area contributed by atoms with Crippen molar-refractivity contribution < 1.29 is 8.42 Å². The van der Waals surface area contributed by atoms with Crippen LogP contribution in [0.4, 0.5) is 5.69 Å². The summed E-state index contributed by atoms with van der Waals surface area (Å²) in [5.74, 6) is 0. The second-order valence-electron chi connectivity index (χ2n) is 4.25. The van der Waals surface area contributed by atoms with Gasteiger partial charge in [0.25, 0.3) is 0 Å². The van der Waals surface area contributed by atoms with Gasteiger partial charge >= 0.3 is 0 Å². The topological polar surface area (TPSA) is 58.2 Å². The largest absolute Gasteiger partial charge is 0.364 e. The molecule has 4 nitrogen and oxygen atoms in total. The van der Waals surface area contributed by atoms with E-state index in [2.05, 4.69) is 26.0 Å². The zero-order valence-corrected chi connectivity index (χ0v) is 12.2. The maximum atomic E-state index is 12.2. The molecule has 98 valence electrons. The van der Waals surface area contributed by atoms with Crippen LogP contribution in [0.1, 0.15) is 11.7 Å². The number of rotatable bonds is 1. The van der Waals surface area contributed by atoms with Gasteiger partial charge in [0.15, 0.2) is 0 Å². The molecule has 0 aliphatic carbocycles. The molecule has 0 bridgehead atoms. The van der Waals surface area contributed by atoms with Gasteiger partial charge in [0, 0.05) is 4.47 Å². The highest BCUT2D eigenvalue weighted by molar-refractivity contribution is 9.10. The van der Waals surface area contributed by atoms with E-state index in [1.807, 2.05) is 36.4 Å². The fourth-order valence-corrected chi connectivity index (χ4v) is 3.88. The number of fused-ring (bicyclic) bond motifs is 1. The summed E-state index contributed by atoms with van der Waals surface area (Å²) in [4.78, 5) is 0.258. The molecule has 2 N–H and O–H groups in total. The van der Waals surface area contributed by atoms with E-state index in [0.29, 0.717) is 5.69 Å². The first-order chi connectivity index (χ1) is 9.06. The van der Waals surface area contributed by atoms with Crippen LogP contribution >= 0.6 is 15.9 Å². The van der Waals surface area contributed by atoms with E-state index < -0.39 is 16.2 Å². The average molecular weight is 339 g/mol. The number of sulfonamides is 1. The van der Waals surface area contributed by atoms with Gasteiger partial charge in [-0.3, -0.25) is 0 Å². The fraction of sp³-hybridized carbons (Fsp3) is 0.0769. The van der Waals surface area contributed by atoms with Crippen molar-refractivity contribution in [1.82, 2.24) is 4.72 Å². The smallest absolute Gasteiger partial charge is 0.244 e. The Hall–Kier alpha value is -1.37. The predicted octanol–water partition coefficient (Wildman–Crippen LogP) is 2.85. The van der Waals surface area contributed by atoms with Crippen molar-refractivity contribution in [1.29, 1.82) is 0 Å². The number of benzene rings is 2. The van der Waals surface area contributed by atoms with E-state index in [1.54, 1.807) is 12.1 Å². The lowest BCUT2D eigenvalue weighted by molar-refractivity contribution is 0.562. The summed E-state index contributed by atoms with van der Waals surface area (Å²) in [6.45, 7) is 0. The van der Waals surface area contributed by atoms with E-state index in [4.69, 9.17) is 0 Å². The normalized spacial score (nSPS) is 20.4. The van der Waals surface area contributed by atoms with Gasteiger partial charge in [-0.1, -0.05) is 46.3 Å². The molecule has 1 unspecified atom stereocenters. The van der Waals surface area contributed by atoms with Crippen LogP contribution in [0.25, 0.3) is 0 Å². The van der Waals surface area contributed by atoms with Crippen LogP contribution in [0.15, 0.2) is 57.9 Å². The molecule has 2 aromatic carbocycles.